The maximum absolute atomic E-state index is 10.4. The molecule has 13 N–H and O–H groups in total. The van der Waals surface area contributed by atoms with Gasteiger partial charge in [-0.3, -0.25) is 19.6 Å². The Morgan fingerprint density at radius 2 is 1.43 bits per heavy atom. The number of carbonyl (C=O) groups is 2. The maximum Gasteiger partial charge on any atom is 0.320 e. The van der Waals surface area contributed by atoms with E-state index in [1.807, 2.05) is 11.2 Å². The lowest BCUT2D eigenvalue weighted by atomic mass is 10.2. The average molecular weight is 863 g/mol. The first kappa shape index (κ1) is 45.5. The number of halogens is 2. The number of thioether (sulfide) groups is 1. The van der Waals surface area contributed by atoms with Crippen LogP contribution in [0.3, 0.4) is 0 Å². The number of hydrogen-bond acceptors (Lipinski definition) is 12. The van der Waals surface area contributed by atoms with Crippen LogP contribution in [0.1, 0.15) is 44.9 Å². The Bertz CT molecular complexity index is 763. The minimum atomic E-state index is -0.955. The summed E-state index contributed by atoms with van der Waals surface area (Å²) in [5.74, 6) is -1.09. The smallest absolute Gasteiger partial charge is 0.320 e. The minimum absolute atomic E-state index is 0. The lowest BCUT2D eigenvalue weighted by molar-refractivity contribution is -0.139. The van der Waals surface area contributed by atoms with Crippen molar-refractivity contribution >= 4 is 98.7 Å². The Labute approximate surface area is 290 Å². The number of nitrogens with one attached hydrogen (secondary N) is 5. The molecule has 0 radical (unpaired) electrons. The zero-order chi connectivity index (χ0) is 31.3. The Morgan fingerprint density at radius 3 is 1.79 bits per heavy atom. The van der Waals surface area contributed by atoms with Crippen LogP contribution in [-0.2, 0) is 9.59 Å². The van der Waals surface area contributed by atoms with Crippen molar-refractivity contribution in [2.75, 3.05) is 63.5 Å². The molecule has 0 amide bonds. The summed E-state index contributed by atoms with van der Waals surface area (Å²) in [6, 6.07) is -1.50. The van der Waals surface area contributed by atoms with E-state index in [1.54, 1.807) is 11.8 Å². The number of guanidine groups is 1. The fraction of sp³-hybridized carbons (Fsp3) is 0.792. The van der Waals surface area contributed by atoms with Crippen molar-refractivity contribution in [2.45, 2.75) is 57.0 Å². The molecule has 42 heavy (non-hydrogen) atoms. The zero-order valence-corrected chi connectivity index (χ0v) is 30.8. The van der Waals surface area contributed by atoms with E-state index in [0.717, 1.165) is 68.3 Å². The number of nitrogens with zero attached hydrogens (tertiary/aromatic N) is 2. The molecule has 0 aliphatic carbocycles. The number of alkyl halides is 1. The van der Waals surface area contributed by atoms with Gasteiger partial charge in [-0.2, -0.15) is 0 Å². The third-order valence-electron chi connectivity index (χ3n) is 5.22. The molecule has 1 saturated heterocycles. The van der Waals surface area contributed by atoms with E-state index in [9.17, 15) is 9.59 Å². The Morgan fingerprint density at radius 1 is 0.929 bits per heavy atom. The van der Waals surface area contributed by atoms with Gasteiger partial charge < -0.3 is 54.0 Å². The number of carboxylic acid groups (broad SMARTS) is 2. The summed E-state index contributed by atoms with van der Waals surface area (Å²) in [4.78, 5) is 30.9. The normalized spacial score (nSPS) is 16.3. The van der Waals surface area contributed by atoms with Crippen molar-refractivity contribution in [1.82, 2.24) is 26.6 Å². The highest BCUT2D eigenvalue weighted by atomic mass is 127. The first-order valence-electron chi connectivity index (χ1n) is 13.6. The second kappa shape index (κ2) is 33.0. The maximum atomic E-state index is 10.4. The third-order valence-corrected chi connectivity index (χ3v) is 6.17. The van der Waals surface area contributed by atoms with Gasteiger partial charge in [-0.15, -0.1) is 24.0 Å². The predicted molar refractivity (Wildman–Crippen MR) is 199 cm³/mol. The van der Waals surface area contributed by atoms with Crippen molar-refractivity contribution in [3.63, 3.8) is 0 Å². The predicted octanol–water partition coefficient (Wildman–Crippen LogP) is 0.477. The van der Waals surface area contributed by atoms with Gasteiger partial charge in [-0.05, 0) is 74.9 Å². The monoisotopic (exact) mass is 862 g/mol. The second-order valence-corrected chi connectivity index (χ2v) is 9.81. The number of carboxylic acids is 2. The van der Waals surface area contributed by atoms with E-state index >= 15 is 0 Å². The molecule has 1 fully saturated rings. The van der Waals surface area contributed by atoms with Crippen LogP contribution in [0.25, 0.3) is 0 Å². The van der Waals surface area contributed by atoms with Crippen molar-refractivity contribution < 1.29 is 19.8 Å². The molecule has 0 saturated carbocycles. The van der Waals surface area contributed by atoms with Gasteiger partial charge in [-0.25, -0.2) is 0 Å². The molecule has 0 bridgehead atoms. The quantitative estimate of drug-likeness (QED) is 0.0658. The van der Waals surface area contributed by atoms with E-state index < -0.39 is 24.0 Å². The average Bonchev–Trinajstić information content (AvgIpc) is 3.01. The molecule has 3 aliphatic heterocycles. The highest BCUT2D eigenvalue weighted by Gasteiger charge is 2.11. The number of nitrogens with two attached hydrogens (primary N) is 3. The highest BCUT2D eigenvalue weighted by molar-refractivity contribution is 14.1. The standard InChI is InChI=1S/C9H18N4O2.C5H12N2O2.C5H10N2S.C4H8N2S.CH3I.HI/c10-7(8(14)15)3-1-4-11-9-12-5-2-6-13-9;6-3-1-2-4(7)5(8)9;1-8-5-6-3-2-4-7-5;7-4-5-2-1-3-6-4;1-2;/h7H,1-6,10H2,(H,14,15)(H2,11,12,13);4H,1-3,6-7H2,(H,8,9);2-4H2,1H3,(H,6,7);1-3H2,(H2,5,6,7);1H3;1H/t7-;4-;;;;/m11..../s1. The minimum Gasteiger partial charge on any atom is -0.480 e. The number of rotatable bonds is 9. The number of amidine groups is 1. The van der Waals surface area contributed by atoms with Crippen molar-refractivity contribution in [2.24, 2.45) is 27.2 Å². The molecular weight excluding hydrogens is 810 g/mol. The summed E-state index contributed by atoms with van der Waals surface area (Å²) < 4.78 is 0. The zero-order valence-electron chi connectivity index (χ0n) is 24.7. The van der Waals surface area contributed by atoms with Gasteiger partial charge in [0.15, 0.2) is 16.2 Å². The molecule has 2 atom stereocenters. The van der Waals surface area contributed by atoms with Crippen LogP contribution >= 0.6 is 70.5 Å². The summed E-state index contributed by atoms with van der Waals surface area (Å²) in [6.07, 6.45) is 7.82. The van der Waals surface area contributed by atoms with E-state index in [-0.39, 0.29) is 24.0 Å². The molecule has 0 spiro atoms. The molecule has 3 aliphatic rings. The summed E-state index contributed by atoms with van der Waals surface area (Å²) in [5, 5.41) is 34.1. The molecular formula is C24H52I2N10O4S2. The Hall–Kier alpha value is -0.940. The fourth-order valence-corrected chi connectivity index (χ4v) is 3.64. The first-order valence-corrected chi connectivity index (χ1v) is 17.4. The number of hydrogen-bond donors (Lipinski definition) is 10. The molecule has 18 heteroatoms. The molecule has 3 heterocycles. The van der Waals surface area contributed by atoms with Crippen LogP contribution in [0.2, 0.25) is 0 Å². The van der Waals surface area contributed by atoms with Crippen LogP contribution in [0, 0.1) is 0 Å². The van der Waals surface area contributed by atoms with Gasteiger partial charge >= 0.3 is 11.9 Å². The van der Waals surface area contributed by atoms with Crippen molar-refractivity contribution in [3.05, 3.63) is 0 Å². The third kappa shape index (κ3) is 29.1. The summed E-state index contributed by atoms with van der Waals surface area (Å²) in [7, 11) is 0. The van der Waals surface area contributed by atoms with Crippen molar-refractivity contribution in [3.8, 4) is 0 Å². The highest BCUT2D eigenvalue weighted by Crippen LogP contribution is 1.99. The first-order chi connectivity index (χ1) is 19.7. The molecule has 0 aromatic rings. The SMILES string of the molecule is CI.CSC1=NCCCN1.I.NCCC[C@@H](N)C(=O)O.N[C@H](CCCNC1=NCCCN1)C(=O)O.S=C1NCCCN1. The van der Waals surface area contributed by atoms with Gasteiger partial charge in [0.25, 0.3) is 0 Å². The summed E-state index contributed by atoms with van der Waals surface area (Å²) in [5.41, 5.74) is 15.6. The molecule has 0 unspecified atom stereocenters. The molecule has 0 aromatic heterocycles. The number of aliphatic carboxylic acids is 2. The lowest BCUT2D eigenvalue weighted by Crippen LogP contribution is -2.42. The topological polar surface area (TPSA) is 238 Å². The molecule has 0 aromatic carbocycles. The van der Waals surface area contributed by atoms with Crippen LogP contribution in [0.5, 0.6) is 0 Å². The van der Waals surface area contributed by atoms with E-state index in [1.165, 1.54) is 12.8 Å². The number of thiocarbonyl (C=S) groups is 1. The van der Waals surface area contributed by atoms with Crippen LogP contribution in [0.4, 0.5) is 0 Å². The Balaban J connectivity index is -0.000000491. The van der Waals surface area contributed by atoms with Gasteiger partial charge in [0.05, 0.1) is 0 Å². The summed E-state index contributed by atoms with van der Waals surface area (Å²) >= 11 is 8.62. The van der Waals surface area contributed by atoms with E-state index in [2.05, 4.69) is 59.2 Å². The van der Waals surface area contributed by atoms with E-state index in [4.69, 9.17) is 39.6 Å². The van der Waals surface area contributed by atoms with Gasteiger partial charge in [0.1, 0.15) is 12.1 Å². The molecule has 3 rings (SSSR count). The van der Waals surface area contributed by atoms with Crippen molar-refractivity contribution in [1.29, 1.82) is 0 Å². The second-order valence-electron chi connectivity index (χ2n) is 8.61. The lowest BCUT2D eigenvalue weighted by Gasteiger charge is -2.16. The number of aliphatic imine (C=N–C) groups is 2. The molecule has 248 valence electrons. The van der Waals surface area contributed by atoms with Gasteiger partial charge in [0.2, 0.25) is 0 Å². The fourth-order valence-electron chi connectivity index (χ4n) is 2.97. The van der Waals surface area contributed by atoms with Crippen LogP contribution < -0.4 is 43.8 Å². The Kier molecular flexibility index (Phi) is 35.7. The molecule has 14 nitrogen and oxygen atoms in total. The van der Waals surface area contributed by atoms with Gasteiger partial charge in [-0.1, -0.05) is 34.4 Å². The van der Waals surface area contributed by atoms with Gasteiger partial charge in [0, 0.05) is 45.8 Å². The van der Waals surface area contributed by atoms with E-state index in [0.29, 0.717) is 32.4 Å². The van der Waals surface area contributed by atoms with Crippen LogP contribution in [0.15, 0.2) is 9.98 Å². The summed E-state index contributed by atoms with van der Waals surface area (Å²) in [6.45, 7) is 7.17. The largest absolute Gasteiger partial charge is 0.480 e. The van der Waals surface area contributed by atoms with Crippen LogP contribution in [-0.4, -0.2) is 114 Å².